The predicted octanol–water partition coefficient (Wildman–Crippen LogP) is 4.13. The summed E-state index contributed by atoms with van der Waals surface area (Å²) in [5, 5.41) is 3.88. The Hall–Kier alpha value is -3.41. The van der Waals surface area contributed by atoms with Crippen LogP contribution in [0.3, 0.4) is 0 Å². The summed E-state index contributed by atoms with van der Waals surface area (Å²) < 4.78 is 20.9. The number of imidazole rings is 1. The lowest BCUT2D eigenvalue weighted by molar-refractivity contribution is 0.0914. The molecule has 27 heavy (non-hydrogen) atoms. The van der Waals surface area contributed by atoms with E-state index in [0.29, 0.717) is 11.4 Å². The molecular formula is C21H18FN3O2. The monoisotopic (exact) mass is 363 g/mol. The van der Waals surface area contributed by atoms with Gasteiger partial charge in [-0.25, -0.2) is 9.37 Å². The van der Waals surface area contributed by atoms with Crippen molar-refractivity contribution >= 4 is 16.9 Å². The van der Waals surface area contributed by atoms with Crippen LogP contribution < -0.4 is 5.32 Å². The van der Waals surface area contributed by atoms with E-state index in [-0.39, 0.29) is 17.5 Å². The van der Waals surface area contributed by atoms with Crippen LogP contribution in [0, 0.1) is 12.7 Å². The second-order valence-electron chi connectivity index (χ2n) is 6.41. The summed E-state index contributed by atoms with van der Waals surface area (Å²) in [5.41, 5.74) is 2.17. The SMILES string of the molecule is Cc1c(C(=O)N[C@@H](c2ccc(F)cc2)c2nccn2C)oc2ccccc12. The molecule has 0 aliphatic carbocycles. The van der Waals surface area contributed by atoms with Gasteiger partial charge in [0.1, 0.15) is 23.3 Å². The number of hydrogen-bond donors (Lipinski definition) is 1. The molecule has 1 atom stereocenters. The molecular weight excluding hydrogens is 345 g/mol. The Balaban J connectivity index is 1.72. The van der Waals surface area contributed by atoms with Crippen molar-refractivity contribution in [2.45, 2.75) is 13.0 Å². The third-order valence-corrected chi connectivity index (χ3v) is 4.65. The van der Waals surface area contributed by atoms with Gasteiger partial charge in [0.2, 0.25) is 0 Å². The third-order valence-electron chi connectivity index (χ3n) is 4.65. The van der Waals surface area contributed by atoms with Gasteiger partial charge in [0.05, 0.1) is 0 Å². The smallest absolute Gasteiger partial charge is 0.288 e. The van der Waals surface area contributed by atoms with Gasteiger partial charge < -0.3 is 14.3 Å². The average molecular weight is 363 g/mol. The average Bonchev–Trinajstić information content (AvgIpc) is 3.24. The van der Waals surface area contributed by atoms with Gasteiger partial charge in [-0.05, 0) is 30.7 Å². The van der Waals surface area contributed by atoms with Crippen LogP contribution in [0.1, 0.15) is 33.5 Å². The molecule has 0 saturated carbocycles. The van der Waals surface area contributed by atoms with E-state index in [4.69, 9.17) is 4.42 Å². The number of fused-ring (bicyclic) bond motifs is 1. The second-order valence-corrected chi connectivity index (χ2v) is 6.41. The van der Waals surface area contributed by atoms with E-state index in [1.165, 1.54) is 12.1 Å². The molecule has 4 aromatic rings. The molecule has 0 radical (unpaired) electrons. The highest BCUT2D eigenvalue weighted by atomic mass is 19.1. The molecule has 6 heteroatoms. The van der Waals surface area contributed by atoms with Crippen molar-refractivity contribution in [1.29, 1.82) is 0 Å². The standard InChI is InChI=1S/C21H18FN3O2/c1-13-16-5-3-4-6-17(16)27-19(13)21(26)24-18(20-23-11-12-25(20)2)14-7-9-15(22)10-8-14/h3-12,18H,1-2H3,(H,24,26)/t18-/m0/s1. The maximum absolute atomic E-state index is 13.3. The lowest BCUT2D eigenvalue weighted by Gasteiger charge is -2.18. The molecule has 2 heterocycles. The summed E-state index contributed by atoms with van der Waals surface area (Å²) in [5.74, 6) is 0.221. The molecule has 136 valence electrons. The molecule has 4 rings (SSSR count). The number of hydrogen-bond acceptors (Lipinski definition) is 3. The minimum atomic E-state index is -0.536. The Bertz CT molecular complexity index is 1110. The minimum Gasteiger partial charge on any atom is -0.451 e. The van der Waals surface area contributed by atoms with Crippen LogP contribution >= 0.6 is 0 Å². The molecule has 0 aliphatic rings. The molecule has 1 N–H and O–H groups in total. The first-order chi connectivity index (χ1) is 13.0. The maximum Gasteiger partial charge on any atom is 0.288 e. The van der Waals surface area contributed by atoms with Gasteiger partial charge in [-0.2, -0.15) is 0 Å². The molecule has 0 bridgehead atoms. The van der Waals surface area contributed by atoms with E-state index < -0.39 is 6.04 Å². The third kappa shape index (κ3) is 3.10. The minimum absolute atomic E-state index is 0.262. The van der Waals surface area contributed by atoms with Gasteiger partial charge in [0, 0.05) is 30.4 Å². The van der Waals surface area contributed by atoms with Crippen LogP contribution in [0.5, 0.6) is 0 Å². The lowest BCUT2D eigenvalue weighted by atomic mass is 10.1. The van der Waals surface area contributed by atoms with E-state index in [2.05, 4.69) is 10.3 Å². The van der Waals surface area contributed by atoms with Crippen molar-refractivity contribution in [3.8, 4) is 0 Å². The van der Waals surface area contributed by atoms with Gasteiger partial charge in [0.25, 0.3) is 5.91 Å². The highest BCUT2D eigenvalue weighted by Crippen LogP contribution is 2.27. The first-order valence-corrected chi connectivity index (χ1v) is 8.56. The molecule has 0 aliphatic heterocycles. The number of carbonyl (C=O) groups is 1. The molecule has 2 aromatic heterocycles. The van der Waals surface area contributed by atoms with Gasteiger partial charge in [0.15, 0.2) is 5.76 Å². The number of amides is 1. The van der Waals surface area contributed by atoms with Crippen LogP contribution in [0.2, 0.25) is 0 Å². The Morgan fingerprint density at radius 3 is 2.59 bits per heavy atom. The number of benzene rings is 2. The van der Waals surface area contributed by atoms with Crippen molar-refractivity contribution in [1.82, 2.24) is 14.9 Å². The first kappa shape index (κ1) is 17.0. The number of para-hydroxylation sites is 1. The van der Waals surface area contributed by atoms with E-state index in [9.17, 15) is 9.18 Å². The van der Waals surface area contributed by atoms with Crippen molar-refractivity contribution in [3.05, 3.63) is 89.5 Å². The number of rotatable bonds is 4. The Labute approximate surface area is 155 Å². The fraction of sp³-hybridized carbons (Fsp3) is 0.143. The van der Waals surface area contributed by atoms with Gasteiger partial charge in [-0.3, -0.25) is 4.79 Å². The molecule has 5 nitrogen and oxygen atoms in total. The number of aryl methyl sites for hydroxylation is 2. The molecule has 0 unspecified atom stereocenters. The van der Waals surface area contributed by atoms with Gasteiger partial charge in [-0.15, -0.1) is 0 Å². The zero-order valence-electron chi connectivity index (χ0n) is 14.9. The highest BCUT2D eigenvalue weighted by Gasteiger charge is 2.25. The normalized spacial score (nSPS) is 12.3. The Kier molecular flexibility index (Phi) is 4.24. The molecule has 0 spiro atoms. The number of furan rings is 1. The fourth-order valence-corrected chi connectivity index (χ4v) is 3.20. The van der Waals surface area contributed by atoms with Gasteiger partial charge >= 0.3 is 0 Å². The van der Waals surface area contributed by atoms with Crippen LogP contribution in [0.25, 0.3) is 11.0 Å². The lowest BCUT2D eigenvalue weighted by Crippen LogP contribution is -2.31. The Morgan fingerprint density at radius 1 is 1.19 bits per heavy atom. The summed E-state index contributed by atoms with van der Waals surface area (Å²) in [6, 6.07) is 13.0. The zero-order chi connectivity index (χ0) is 19.0. The van der Waals surface area contributed by atoms with Crippen molar-refractivity contribution in [3.63, 3.8) is 0 Å². The summed E-state index contributed by atoms with van der Waals surface area (Å²) >= 11 is 0. The van der Waals surface area contributed by atoms with E-state index >= 15 is 0 Å². The topological polar surface area (TPSA) is 60.1 Å². The van der Waals surface area contributed by atoms with E-state index in [1.54, 1.807) is 24.5 Å². The van der Waals surface area contributed by atoms with Crippen LogP contribution in [-0.2, 0) is 7.05 Å². The Morgan fingerprint density at radius 2 is 1.93 bits per heavy atom. The first-order valence-electron chi connectivity index (χ1n) is 8.56. The molecule has 2 aromatic carbocycles. The van der Waals surface area contributed by atoms with Gasteiger partial charge in [-0.1, -0.05) is 30.3 Å². The van der Waals surface area contributed by atoms with E-state index in [0.717, 1.165) is 16.5 Å². The molecule has 0 saturated heterocycles. The zero-order valence-corrected chi connectivity index (χ0v) is 14.9. The largest absolute Gasteiger partial charge is 0.451 e. The second kappa shape index (κ2) is 6.72. The van der Waals surface area contributed by atoms with Crippen molar-refractivity contribution in [2.75, 3.05) is 0 Å². The number of nitrogens with one attached hydrogen (secondary N) is 1. The summed E-state index contributed by atoms with van der Waals surface area (Å²) in [4.78, 5) is 17.3. The highest BCUT2D eigenvalue weighted by molar-refractivity contribution is 5.99. The van der Waals surface area contributed by atoms with Crippen LogP contribution in [0.4, 0.5) is 4.39 Å². The fourth-order valence-electron chi connectivity index (χ4n) is 3.20. The maximum atomic E-state index is 13.3. The summed E-state index contributed by atoms with van der Waals surface area (Å²) in [6.45, 7) is 1.86. The number of carbonyl (C=O) groups excluding carboxylic acids is 1. The molecule has 0 fully saturated rings. The number of halogens is 1. The van der Waals surface area contributed by atoms with E-state index in [1.807, 2.05) is 42.8 Å². The predicted molar refractivity (Wildman–Crippen MR) is 99.9 cm³/mol. The quantitative estimate of drug-likeness (QED) is 0.593. The summed E-state index contributed by atoms with van der Waals surface area (Å²) in [6.07, 6.45) is 3.45. The molecule has 1 amide bonds. The van der Waals surface area contributed by atoms with Crippen molar-refractivity contribution in [2.24, 2.45) is 7.05 Å². The van der Waals surface area contributed by atoms with Crippen LogP contribution in [0.15, 0.2) is 65.3 Å². The number of aromatic nitrogens is 2. The summed E-state index contributed by atoms with van der Waals surface area (Å²) in [7, 11) is 1.84. The van der Waals surface area contributed by atoms with Crippen molar-refractivity contribution < 1.29 is 13.6 Å². The number of nitrogens with zero attached hydrogens (tertiary/aromatic N) is 2. The van der Waals surface area contributed by atoms with Crippen LogP contribution in [-0.4, -0.2) is 15.5 Å².